The van der Waals surface area contributed by atoms with Crippen molar-refractivity contribution in [2.45, 2.75) is 5.03 Å². The minimum absolute atomic E-state index is 0.0765. The molecule has 0 aliphatic carbocycles. The molecule has 0 radical (unpaired) electrons. The van der Waals surface area contributed by atoms with Gasteiger partial charge in [-0.3, -0.25) is 14.9 Å². The largest absolute Gasteiger partial charge is 0.397 e. The molecule has 0 atom stereocenters. The number of halogens is 1. The Morgan fingerprint density at radius 1 is 1.24 bits per heavy atom. The van der Waals surface area contributed by atoms with E-state index in [1.807, 2.05) is 0 Å². The lowest BCUT2D eigenvalue weighted by Gasteiger charge is -2.05. The summed E-state index contributed by atoms with van der Waals surface area (Å²) in [6, 6.07) is 9.95. The van der Waals surface area contributed by atoms with Crippen molar-refractivity contribution in [3.05, 3.63) is 53.2 Å². The van der Waals surface area contributed by atoms with Gasteiger partial charge in [-0.2, -0.15) is 0 Å². The first-order chi connectivity index (χ1) is 10.1. The highest BCUT2D eigenvalue weighted by atomic mass is 35.5. The molecule has 0 saturated heterocycles. The third-order valence-corrected chi connectivity index (χ3v) is 3.76. The monoisotopic (exact) mass is 321 g/mol. The number of anilines is 1. The maximum absolute atomic E-state index is 11.9. The molecule has 0 unspecified atom stereocenters. The van der Waals surface area contributed by atoms with Crippen LogP contribution in [0.5, 0.6) is 0 Å². The Labute approximate surface area is 130 Å². The molecule has 0 bridgehead atoms. The standard InChI is InChI=1S/C14H12ClN3O2S/c15-11-4-2-1-3-10(11)14(20)18-12(19)8-21-13-6-5-9(16)7-17-13/h1-7H,8,16H2,(H,18,19,20). The number of thioether (sulfide) groups is 1. The number of carbonyl (C=O) groups excluding carboxylic acids is 2. The first kappa shape index (κ1) is 15.3. The van der Waals surface area contributed by atoms with Crippen LogP contribution < -0.4 is 11.1 Å². The van der Waals surface area contributed by atoms with Crippen molar-refractivity contribution in [3.8, 4) is 0 Å². The molecular formula is C14H12ClN3O2S. The minimum Gasteiger partial charge on any atom is -0.397 e. The van der Waals surface area contributed by atoms with Gasteiger partial charge in [-0.15, -0.1) is 0 Å². The summed E-state index contributed by atoms with van der Waals surface area (Å²) in [5.74, 6) is -0.854. The number of pyridine rings is 1. The van der Waals surface area contributed by atoms with Crippen LogP contribution in [-0.4, -0.2) is 22.6 Å². The molecule has 2 amide bonds. The van der Waals surface area contributed by atoms with Crippen LogP contribution in [0.3, 0.4) is 0 Å². The predicted octanol–water partition coefficient (Wildman–Crippen LogP) is 2.37. The van der Waals surface area contributed by atoms with E-state index < -0.39 is 11.8 Å². The second kappa shape index (κ2) is 7.10. The molecule has 0 fully saturated rings. The number of nitrogens with one attached hydrogen (secondary N) is 1. The molecule has 5 nitrogen and oxygen atoms in total. The summed E-state index contributed by atoms with van der Waals surface area (Å²) < 4.78 is 0. The number of nitrogens with two attached hydrogens (primary N) is 1. The minimum atomic E-state index is -0.517. The molecule has 21 heavy (non-hydrogen) atoms. The van der Waals surface area contributed by atoms with E-state index in [9.17, 15) is 9.59 Å². The molecule has 108 valence electrons. The fourth-order valence-electron chi connectivity index (χ4n) is 1.49. The number of amides is 2. The molecule has 2 rings (SSSR count). The summed E-state index contributed by atoms with van der Waals surface area (Å²) >= 11 is 7.11. The van der Waals surface area contributed by atoms with Gasteiger partial charge in [-0.1, -0.05) is 35.5 Å². The van der Waals surface area contributed by atoms with Gasteiger partial charge in [0.1, 0.15) is 0 Å². The predicted molar refractivity (Wildman–Crippen MR) is 83.3 cm³/mol. The first-order valence-electron chi connectivity index (χ1n) is 5.99. The second-order valence-corrected chi connectivity index (χ2v) is 5.48. The summed E-state index contributed by atoms with van der Waals surface area (Å²) in [6.07, 6.45) is 1.51. The van der Waals surface area contributed by atoms with E-state index in [1.165, 1.54) is 18.0 Å². The topological polar surface area (TPSA) is 85.1 Å². The van der Waals surface area contributed by atoms with Crippen molar-refractivity contribution in [1.29, 1.82) is 0 Å². The number of hydrogen-bond acceptors (Lipinski definition) is 5. The molecular weight excluding hydrogens is 310 g/mol. The Balaban J connectivity index is 1.89. The van der Waals surface area contributed by atoms with Crippen LogP contribution in [0.4, 0.5) is 5.69 Å². The maximum atomic E-state index is 11.9. The average molecular weight is 322 g/mol. The highest BCUT2D eigenvalue weighted by Gasteiger charge is 2.13. The number of benzene rings is 1. The summed E-state index contributed by atoms with van der Waals surface area (Å²) in [5, 5.41) is 3.24. The molecule has 3 N–H and O–H groups in total. The molecule has 7 heteroatoms. The van der Waals surface area contributed by atoms with Gasteiger partial charge in [-0.25, -0.2) is 4.98 Å². The third-order valence-electron chi connectivity index (χ3n) is 2.48. The van der Waals surface area contributed by atoms with Crippen LogP contribution in [0.2, 0.25) is 5.02 Å². The van der Waals surface area contributed by atoms with Gasteiger partial charge < -0.3 is 5.73 Å². The highest BCUT2D eigenvalue weighted by Crippen LogP contribution is 2.16. The molecule has 1 aromatic heterocycles. The Morgan fingerprint density at radius 2 is 2.00 bits per heavy atom. The molecule has 2 aromatic rings. The SMILES string of the molecule is Nc1ccc(SCC(=O)NC(=O)c2ccccc2Cl)nc1. The number of carbonyl (C=O) groups is 2. The Hall–Kier alpha value is -2.05. The average Bonchev–Trinajstić information content (AvgIpc) is 2.47. The van der Waals surface area contributed by atoms with Crippen molar-refractivity contribution in [1.82, 2.24) is 10.3 Å². The lowest BCUT2D eigenvalue weighted by molar-refractivity contribution is -0.117. The summed E-state index contributed by atoms with van der Waals surface area (Å²) in [5.41, 5.74) is 6.34. The summed E-state index contributed by atoms with van der Waals surface area (Å²) in [7, 11) is 0. The molecule has 1 aromatic carbocycles. The third kappa shape index (κ3) is 4.47. The van der Waals surface area contributed by atoms with E-state index in [0.29, 0.717) is 15.7 Å². The van der Waals surface area contributed by atoms with Crippen molar-refractivity contribution < 1.29 is 9.59 Å². The van der Waals surface area contributed by atoms with Crippen LogP contribution in [0.25, 0.3) is 0 Å². The smallest absolute Gasteiger partial charge is 0.259 e. The number of hydrogen-bond donors (Lipinski definition) is 2. The normalized spacial score (nSPS) is 10.1. The number of nitrogen functional groups attached to an aromatic ring is 1. The van der Waals surface area contributed by atoms with Gasteiger partial charge in [-0.05, 0) is 24.3 Å². The van der Waals surface area contributed by atoms with Crippen LogP contribution in [0.15, 0.2) is 47.6 Å². The molecule has 0 spiro atoms. The van der Waals surface area contributed by atoms with Crippen molar-refractivity contribution in [2.24, 2.45) is 0 Å². The number of nitrogens with zero attached hydrogens (tertiary/aromatic N) is 1. The molecule has 0 aliphatic heterocycles. The molecule has 0 aliphatic rings. The fourth-order valence-corrected chi connectivity index (χ4v) is 2.36. The lowest BCUT2D eigenvalue weighted by Crippen LogP contribution is -2.32. The molecule has 1 heterocycles. The summed E-state index contributed by atoms with van der Waals surface area (Å²) in [4.78, 5) is 27.7. The first-order valence-corrected chi connectivity index (χ1v) is 7.35. The number of aromatic nitrogens is 1. The Bertz CT molecular complexity index is 662. The Morgan fingerprint density at radius 3 is 2.67 bits per heavy atom. The highest BCUT2D eigenvalue weighted by molar-refractivity contribution is 7.99. The van der Waals surface area contributed by atoms with Gasteiger partial charge in [0, 0.05) is 0 Å². The van der Waals surface area contributed by atoms with Gasteiger partial charge in [0.2, 0.25) is 5.91 Å². The van der Waals surface area contributed by atoms with Crippen LogP contribution in [-0.2, 0) is 4.79 Å². The van der Waals surface area contributed by atoms with E-state index in [0.717, 1.165) is 0 Å². The van der Waals surface area contributed by atoms with Gasteiger partial charge in [0.05, 0.1) is 33.2 Å². The van der Waals surface area contributed by atoms with E-state index in [1.54, 1.807) is 36.4 Å². The van der Waals surface area contributed by atoms with Crippen molar-refractivity contribution in [2.75, 3.05) is 11.5 Å². The Kier molecular flexibility index (Phi) is 5.19. The van der Waals surface area contributed by atoms with Gasteiger partial charge in [0.15, 0.2) is 0 Å². The molecule has 0 saturated carbocycles. The van der Waals surface area contributed by atoms with Crippen LogP contribution >= 0.6 is 23.4 Å². The summed E-state index contributed by atoms with van der Waals surface area (Å²) in [6.45, 7) is 0. The lowest BCUT2D eigenvalue weighted by atomic mass is 10.2. The van der Waals surface area contributed by atoms with Crippen LogP contribution in [0, 0.1) is 0 Å². The number of rotatable bonds is 4. The van der Waals surface area contributed by atoms with E-state index >= 15 is 0 Å². The quantitative estimate of drug-likeness (QED) is 0.844. The second-order valence-electron chi connectivity index (χ2n) is 4.08. The zero-order valence-corrected chi connectivity index (χ0v) is 12.4. The van der Waals surface area contributed by atoms with Crippen LogP contribution in [0.1, 0.15) is 10.4 Å². The van der Waals surface area contributed by atoms with Crippen molar-refractivity contribution >= 4 is 40.9 Å². The zero-order chi connectivity index (χ0) is 15.2. The zero-order valence-electron chi connectivity index (χ0n) is 10.9. The van der Waals surface area contributed by atoms with E-state index in [-0.39, 0.29) is 11.3 Å². The maximum Gasteiger partial charge on any atom is 0.259 e. The number of imide groups is 1. The van der Waals surface area contributed by atoms with E-state index in [2.05, 4.69) is 10.3 Å². The fraction of sp³-hybridized carbons (Fsp3) is 0.0714. The van der Waals surface area contributed by atoms with E-state index in [4.69, 9.17) is 17.3 Å². The van der Waals surface area contributed by atoms with Gasteiger partial charge >= 0.3 is 0 Å². The van der Waals surface area contributed by atoms with Crippen molar-refractivity contribution in [3.63, 3.8) is 0 Å². The van der Waals surface area contributed by atoms with Gasteiger partial charge in [0.25, 0.3) is 5.91 Å².